The van der Waals surface area contributed by atoms with Gasteiger partial charge in [0.05, 0.1) is 7.11 Å². The number of rotatable bonds is 5. The van der Waals surface area contributed by atoms with Crippen LogP contribution in [-0.4, -0.2) is 30.7 Å². The monoisotopic (exact) mass is 397 g/mol. The maximum absolute atomic E-state index is 13.6. The molecule has 2 N–H and O–H groups in total. The molecule has 2 fully saturated rings. The third-order valence-corrected chi connectivity index (χ3v) is 8.07. The molecule has 0 heterocycles. The lowest BCUT2D eigenvalue weighted by molar-refractivity contribution is -0.146. The summed E-state index contributed by atoms with van der Waals surface area (Å²) >= 11 is 0. The van der Waals surface area contributed by atoms with Crippen molar-refractivity contribution in [1.82, 2.24) is 5.32 Å². The van der Waals surface area contributed by atoms with E-state index in [9.17, 15) is 14.7 Å². The molecule has 1 aromatic rings. The molecule has 3 aliphatic rings. The third kappa shape index (κ3) is 2.77. The Kier molecular flexibility index (Phi) is 4.85. The second-order valence-electron chi connectivity index (χ2n) is 9.65. The van der Waals surface area contributed by atoms with Gasteiger partial charge < -0.3 is 15.2 Å². The molecular formula is C24H31NO4. The molecule has 3 aliphatic carbocycles. The average Bonchev–Trinajstić information content (AvgIpc) is 3.32. The lowest BCUT2D eigenvalue weighted by atomic mass is 9.61. The van der Waals surface area contributed by atoms with Crippen LogP contribution < -0.4 is 5.32 Å². The van der Waals surface area contributed by atoms with Gasteiger partial charge in [-0.25, -0.2) is 4.79 Å². The van der Waals surface area contributed by atoms with Crippen molar-refractivity contribution in [2.24, 2.45) is 28.1 Å². The summed E-state index contributed by atoms with van der Waals surface area (Å²) < 4.78 is 4.97. The Balaban J connectivity index is 1.66. The van der Waals surface area contributed by atoms with E-state index < -0.39 is 12.0 Å². The summed E-state index contributed by atoms with van der Waals surface area (Å²) in [5.41, 5.74) is 0.249. The van der Waals surface area contributed by atoms with Gasteiger partial charge in [-0.1, -0.05) is 56.3 Å². The predicted molar refractivity (Wildman–Crippen MR) is 110 cm³/mol. The number of allylic oxidation sites excluding steroid dienone is 2. The largest absolute Gasteiger partial charge is 0.467 e. The van der Waals surface area contributed by atoms with Crippen molar-refractivity contribution in [1.29, 1.82) is 0 Å². The number of esters is 1. The van der Waals surface area contributed by atoms with Gasteiger partial charge in [0, 0.05) is 17.9 Å². The number of aliphatic hydroxyl groups is 1. The van der Waals surface area contributed by atoms with Gasteiger partial charge in [0.15, 0.2) is 6.04 Å². The highest BCUT2D eigenvalue weighted by atomic mass is 16.5. The SMILES string of the molecule is COC(=O)[C@H](NC(=O)[C@@H]1CC[C@H]2[C@](C)(CO)C[C@]3(C)CC=C[C@]123)c1ccccc1. The van der Waals surface area contributed by atoms with E-state index in [1.54, 1.807) is 0 Å². The Bertz CT molecular complexity index is 837. The van der Waals surface area contributed by atoms with Crippen molar-refractivity contribution >= 4 is 11.9 Å². The molecule has 5 heteroatoms. The van der Waals surface area contributed by atoms with Gasteiger partial charge in [0.1, 0.15) is 0 Å². The Morgan fingerprint density at radius 1 is 1.24 bits per heavy atom. The normalized spacial score (nSPS) is 38.3. The number of carbonyl (C=O) groups is 2. The van der Waals surface area contributed by atoms with E-state index in [-0.39, 0.29) is 40.6 Å². The molecular weight excluding hydrogens is 366 g/mol. The van der Waals surface area contributed by atoms with Gasteiger partial charge in [0.2, 0.25) is 5.91 Å². The molecule has 0 aliphatic heterocycles. The second kappa shape index (κ2) is 6.98. The first-order valence-corrected chi connectivity index (χ1v) is 10.5. The predicted octanol–water partition coefficient (Wildman–Crippen LogP) is 3.40. The number of hydrogen-bond acceptors (Lipinski definition) is 4. The first kappa shape index (κ1) is 20.1. The van der Waals surface area contributed by atoms with Gasteiger partial charge in [-0.3, -0.25) is 4.79 Å². The lowest BCUT2D eigenvalue weighted by Gasteiger charge is -2.42. The fourth-order valence-corrected chi connectivity index (χ4v) is 6.98. The van der Waals surface area contributed by atoms with E-state index in [4.69, 9.17) is 4.74 Å². The van der Waals surface area contributed by atoms with Crippen LogP contribution in [0.3, 0.4) is 0 Å². The number of methoxy groups -OCH3 is 1. The van der Waals surface area contributed by atoms with Crippen LogP contribution in [0.2, 0.25) is 0 Å². The average molecular weight is 398 g/mol. The van der Waals surface area contributed by atoms with Crippen molar-refractivity contribution in [3.8, 4) is 0 Å². The molecule has 6 atom stereocenters. The molecule has 0 saturated heterocycles. The second-order valence-corrected chi connectivity index (χ2v) is 9.65. The van der Waals surface area contributed by atoms with Crippen LogP contribution in [-0.2, 0) is 14.3 Å². The Morgan fingerprint density at radius 3 is 2.62 bits per heavy atom. The number of amides is 1. The van der Waals surface area contributed by atoms with E-state index >= 15 is 0 Å². The van der Waals surface area contributed by atoms with E-state index in [1.165, 1.54) is 7.11 Å². The van der Waals surface area contributed by atoms with Crippen molar-refractivity contribution in [2.75, 3.05) is 13.7 Å². The number of benzene rings is 1. The Hall–Kier alpha value is -2.14. The maximum Gasteiger partial charge on any atom is 0.333 e. The zero-order chi connectivity index (χ0) is 20.9. The van der Waals surface area contributed by atoms with E-state index in [0.29, 0.717) is 0 Å². The Labute approximate surface area is 172 Å². The van der Waals surface area contributed by atoms with Gasteiger partial charge in [-0.05, 0) is 48.0 Å². The highest BCUT2D eigenvalue weighted by molar-refractivity contribution is 5.87. The molecule has 4 rings (SSSR count). The zero-order valence-electron chi connectivity index (χ0n) is 17.5. The highest BCUT2D eigenvalue weighted by Crippen LogP contribution is 2.75. The molecule has 2 saturated carbocycles. The first-order chi connectivity index (χ1) is 13.8. The summed E-state index contributed by atoms with van der Waals surface area (Å²) in [7, 11) is 1.34. The highest BCUT2D eigenvalue weighted by Gasteiger charge is 2.71. The summed E-state index contributed by atoms with van der Waals surface area (Å²) in [6.07, 6.45) is 8.01. The molecule has 0 unspecified atom stereocenters. The van der Waals surface area contributed by atoms with Gasteiger partial charge in [-0.2, -0.15) is 0 Å². The molecule has 156 valence electrons. The minimum atomic E-state index is -0.814. The number of nitrogens with one attached hydrogen (secondary N) is 1. The van der Waals surface area contributed by atoms with Crippen LogP contribution in [0, 0.1) is 28.1 Å². The Morgan fingerprint density at radius 2 is 1.97 bits per heavy atom. The summed E-state index contributed by atoms with van der Waals surface area (Å²) in [5.74, 6) is -0.493. The van der Waals surface area contributed by atoms with Crippen molar-refractivity contribution < 1.29 is 19.4 Å². The van der Waals surface area contributed by atoms with Crippen LogP contribution in [0.15, 0.2) is 42.5 Å². The molecule has 1 aromatic carbocycles. The fourth-order valence-electron chi connectivity index (χ4n) is 6.98. The smallest absolute Gasteiger partial charge is 0.333 e. The summed E-state index contributed by atoms with van der Waals surface area (Å²) in [6, 6.07) is 8.42. The molecule has 29 heavy (non-hydrogen) atoms. The summed E-state index contributed by atoms with van der Waals surface area (Å²) in [4.78, 5) is 26.0. The van der Waals surface area contributed by atoms with E-state index in [0.717, 1.165) is 31.2 Å². The zero-order valence-corrected chi connectivity index (χ0v) is 17.5. The van der Waals surface area contributed by atoms with Crippen LogP contribution >= 0.6 is 0 Å². The van der Waals surface area contributed by atoms with Gasteiger partial charge in [0.25, 0.3) is 0 Å². The molecule has 0 radical (unpaired) electrons. The van der Waals surface area contributed by atoms with Crippen molar-refractivity contribution in [3.63, 3.8) is 0 Å². The van der Waals surface area contributed by atoms with Crippen LogP contribution in [0.1, 0.15) is 51.1 Å². The molecule has 0 bridgehead atoms. The number of aliphatic hydroxyl groups excluding tert-OH is 1. The van der Waals surface area contributed by atoms with Gasteiger partial charge in [-0.15, -0.1) is 0 Å². The molecule has 5 nitrogen and oxygen atoms in total. The standard InChI is InChI=1S/C24H31NO4/c1-22(15-26)14-23(2)12-7-13-24(23)17(10-11-18(22)24)20(27)25-19(21(28)29-3)16-8-5-4-6-9-16/h4-9,13,17-19,26H,10-12,14-15H2,1-3H3,(H,25,27)/t17-,18-,19+,22-,23-,24-/m0/s1. The van der Waals surface area contributed by atoms with E-state index in [2.05, 4.69) is 31.3 Å². The number of hydrogen-bond donors (Lipinski definition) is 2. The fraction of sp³-hybridized carbons (Fsp3) is 0.583. The lowest BCUT2D eigenvalue weighted by Crippen LogP contribution is -2.47. The topological polar surface area (TPSA) is 75.6 Å². The first-order valence-electron chi connectivity index (χ1n) is 10.5. The molecule has 0 aromatic heterocycles. The quantitative estimate of drug-likeness (QED) is 0.590. The number of ether oxygens (including phenoxy) is 1. The summed E-state index contributed by atoms with van der Waals surface area (Å²) in [6.45, 7) is 4.58. The maximum atomic E-state index is 13.6. The van der Waals surface area contributed by atoms with Crippen LogP contribution in [0.4, 0.5) is 0 Å². The minimum Gasteiger partial charge on any atom is -0.467 e. The van der Waals surface area contributed by atoms with E-state index in [1.807, 2.05) is 30.3 Å². The summed E-state index contributed by atoms with van der Waals surface area (Å²) in [5, 5.41) is 13.2. The van der Waals surface area contributed by atoms with Crippen LogP contribution in [0.25, 0.3) is 0 Å². The van der Waals surface area contributed by atoms with Crippen LogP contribution in [0.5, 0.6) is 0 Å². The third-order valence-electron chi connectivity index (χ3n) is 8.07. The van der Waals surface area contributed by atoms with Crippen molar-refractivity contribution in [2.45, 2.75) is 45.6 Å². The van der Waals surface area contributed by atoms with Crippen molar-refractivity contribution in [3.05, 3.63) is 48.0 Å². The minimum absolute atomic E-state index is 0.0405. The molecule has 1 amide bonds. The van der Waals surface area contributed by atoms with Gasteiger partial charge >= 0.3 is 5.97 Å². The molecule has 1 spiro atoms. The number of carbonyl (C=O) groups excluding carboxylic acids is 2.